The number of rotatable bonds is 6. The summed E-state index contributed by atoms with van der Waals surface area (Å²) in [5.41, 5.74) is 7.11. The number of ether oxygens (including phenoxy) is 1. The van der Waals surface area contributed by atoms with Crippen molar-refractivity contribution in [1.29, 1.82) is 0 Å². The monoisotopic (exact) mass is 302 g/mol. The number of thioether (sulfide) groups is 1. The van der Waals surface area contributed by atoms with Gasteiger partial charge in [0.15, 0.2) is 0 Å². The maximum atomic E-state index is 11.9. The van der Waals surface area contributed by atoms with Gasteiger partial charge in [0, 0.05) is 16.3 Å². The third-order valence-corrected chi connectivity index (χ3v) is 3.71. The maximum absolute atomic E-state index is 11.9. The summed E-state index contributed by atoms with van der Waals surface area (Å²) in [5.74, 6) is 1.12. The number of nitrogen functional groups attached to an aromatic ring is 1. The Bertz CT molecular complexity index is 582. The third-order valence-electron chi connectivity index (χ3n) is 2.70. The highest BCUT2D eigenvalue weighted by Gasteiger charge is 2.04. The minimum Gasteiger partial charge on any atom is -0.494 e. The summed E-state index contributed by atoms with van der Waals surface area (Å²) < 4.78 is 5.35. The summed E-state index contributed by atoms with van der Waals surface area (Å²) in [4.78, 5) is 12.9. The number of anilines is 2. The van der Waals surface area contributed by atoms with Crippen molar-refractivity contribution < 1.29 is 9.53 Å². The van der Waals surface area contributed by atoms with Crippen LogP contribution in [-0.4, -0.2) is 18.3 Å². The Labute approximate surface area is 128 Å². The first kappa shape index (κ1) is 15.3. The molecular formula is C16H18N2O2S. The van der Waals surface area contributed by atoms with Gasteiger partial charge in [0.2, 0.25) is 5.91 Å². The van der Waals surface area contributed by atoms with E-state index in [1.54, 1.807) is 0 Å². The zero-order chi connectivity index (χ0) is 15.1. The van der Waals surface area contributed by atoms with Crippen molar-refractivity contribution >= 4 is 29.0 Å². The predicted octanol–water partition coefficient (Wildman–Crippen LogP) is 3.40. The summed E-state index contributed by atoms with van der Waals surface area (Å²) in [6, 6.07) is 14.8. The van der Waals surface area contributed by atoms with Crippen molar-refractivity contribution in [2.24, 2.45) is 0 Å². The summed E-state index contributed by atoms with van der Waals surface area (Å²) in [7, 11) is 0. The Morgan fingerprint density at radius 2 is 1.81 bits per heavy atom. The fraction of sp³-hybridized carbons (Fsp3) is 0.188. The van der Waals surface area contributed by atoms with Crippen LogP contribution in [0.5, 0.6) is 5.75 Å². The maximum Gasteiger partial charge on any atom is 0.234 e. The highest BCUT2D eigenvalue weighted by Crippen LogP contribution is 2.20. The fourth-order valence-corrected chi connectivity index (χ4v) is 2.41. The second-order valence-electron chi connectivity index (χ2n) is 4.36. The lowest BCUT2D eigenvalue weighted by Gasteiger charge is -2.07. The van der Waals surface area contributed by atoms with Crippen molar-refractivity contribution in [3.63, 3.8) is 0 Å². The summed E-state index contributed by atoms with van der Waals surface area (Å²) >= 11 is 1.48. The molecule has 2 rings (SSSR count). The molecule has 0 atom stereocenters. The molecule has 0 saturated carbocycles. The molecule has 4 nitrogen and oxygen atoms in total. The molecule has 110 valence electrons. The van der Waals surface area contributed by atoms with Gasteiger partial charge in [-0.1, -0.05) is 0 Å². The van der Waals surface area contributed by atoms with E-state index in [-0.39, 0.29) is 5.91 Å². The average Bonchev–Trinajstić information content (AvgIpc) is 2.49. The first-order valence-corrected chi connectivity index (χ1v) is 7.67. The molecule has 0 aliphatic rings. The Kier molecular flexibility index (Phi) is 5.51. The van der Waals surface area contributed by atoms with E-state index in [1.807, 2.05) is 55.5 Å². The van der Waals surface area contributed by atoms with Gasteiger partial charge in [0.05, 0.1) is 12.4 Å². The molecule has 0 saturated heterocycles. The van der Waals surface area contributed by atoms with E-state index in [0.29, 0.717) is 12.4 Å². The molecule has 0 aliphatic carbocycles. The van der Waals surface area contributed by atoms with Gasteiger partial charge >= 0.3 is 0 Å². The molecule has 3 N–H and O–H groups in total. The van der Waals surface area contributed by atoms with Crippen molar-refractivity contribution in [1.82, 2.24) is 0 Å². The van der Waals surface area contributed by atoms with Crippen LogP contribution in [0.2, 0.25) is 0 Å². The minimum absolute atomic E-state index is 0.0408. The smallest absolute Gasteiger partial charge is 0.234 e. The highest BCUT2D eigenvalue weighted by molar-refractivity contribution is 8.00. The standard InChI is InChI=1S/C16H18N2O2S/c1-2-20-14-7-5-13(6-8-14)18-16(19)11-21-15-9-3-12(17)4-10-15/h3-10H,2,11,17H2,1H3,(H,18,19). The van der Waals surface area contributed by atoms with E-state index in [2.05, 4.69) is 5.32 Å². The van der Waals surface area contributed by atoms with Gasteiger partial charge in [-0.05, 0) is 55.5 Å². The van der Waals surface area contributed by atoms with Gasteiger partial charge in [0.1, 0.15) is 5.75 Å². The summed E-state index contributed by atoms with van der Waals surface area (Å²) in [6.45, 7) is 2.56. The molecule has 0 fully saturated rings. The number of hydrogen-bond acceptors (Lipinski definition) is 4. The van der Waals surface area contributed by atoms with Crippen molar-refractivity contribution in [3.05, 3.63) is 48.5 Å². The number of benzene rings is 2. The normalized spacial score (nSPS) is 10.1. The van der Waals surface area contributed by atoms with Gasteiger partial charge in [-0.2, -0.15) is 0 Å². The average molecular weight is 302 g/mol. The minimum atomic E-state index is -0.0408. The molecule has 0 unspecified atom stereocenters. The van der Waals surface area contributed by atoms with Crippen LogP contribution >= 0.6 is 11.8 Å². The van der Waals surface area contributed by atoms with Gasteiger partial charge in [-0.3, -0.25) is 4.79 Å². The first-order valence-electron chi connectivity index (χ1n) is 6.68. The van der Waals surface area contributed by atoms with Crippen LogP contribution in [0.1, 0.15) is 6.92 Å². The number of hydrogen-bond donors (Lipinski definition) is 2. The van der Waals surface area contributed by atoms with Gasteiger partial charge in [0.25, 0.3) is 0 Å². The van der Waals surface area contributed by atoms with Crippen LogP contribution in [0.3, 0.4) is 0 Å². The van der Waals surface area contributed by atoms with Crippen molar-refractivity contribution in [2.45, 2.75) is 11.8 Å². The molecule has 5 heteroatoms. The van der Waals surface area contributed by atoms with E-state index < -0.39 is 0 Å². The topological polar surface area (TPSA) is 64.3 Å². The van der Waals surface area contributed by atoms with Gasteiger partial charge in [-0.25, -0.2) is 0 Å². The van der Waals surface area contributed by atoms with Gasteiger partial charge in [-0.15, -0.1) is 11.8 Å². The Morgan fingerprint density at radius 1 is 1.14 bits per heavy atom. The summed E-state index contributed by atoms with van der Waals surface area (Å²) in [6.07, 6.45) is 0. The molecule has 0 aromatic heterocycles. The molecule has 21 heavy (non-hydrogen) atoms. The van der Waals surface area contributed by atoms with Gasteiger partial charge < -0.3 is 15.8 Å². The number of nitrogens with one attached hydrogen (secondary N) is 1. The van der Waals surface area contributed by atoms with Crippen molar-refractivity contribution in [2.75, 3.05) is 23.4 Å². The quantitative estimate of drug-likeness (QED) is 0.634. The molecule has 0 spiro atoms. The second kappa shape index (κ2) is 7.59. The number of carbonyl (C=O) groups is 1. The van der Waals surface area contributed by atoms with Crippen molar-refractivity contribution in [3.8, 4) is 5.75 Å². The molecule has 2 aromatic carbocycles. The van der Waals surface area contributed by atoms with Crippen LogP contribution in [0.25, 0.3) is 0 Å². The largest absolute Gasteiger partial charge is 0.494 e. The zero-order valence-electron chi connectivity index (χ0n) is 11.8. The van der Waals surface area contributed by atoms with Crippen LogP contribution in [0, 0.1) is 0 Å². The number of nitrogens with two attached hydrogens (primary N) is 1. The van der Waals surface area contributed by atoms with Crippen LogP contribution in [0.15, 0.2) is 53.4 Å². The number of amides is 1. The lowest BCUT2D eigenvalue weighted by atomic mass is 10.3. The van der Waals surface area contributed by atoms with E-state index in [4.69, 9.17) is 10.5 Å². The highest BCUT2D eigenvalue weighted by atomic mass is 32.2. The molecule has 0 radical (unpaired) electrons. The molecular weight excluding hydrogens is 284 g/mol. The molecule has 2 aromatic rings. The van der Waals surface area contributed by atoms with Crippen LogP contribution in [0.4, 0.5) is 11.4 Å². The van der Waals surface area contributed by atoms with Crippen LogP contribution < -0.4 is 15.8 Å². The lowest BCUT2D eigenvalue weighted by Crippen LogP contribution is -2.13. The van der Waals surface area contributed by atoms with E-state index in [1.165, 1.54) is 11.8 Å². The molecule has 0 bridgehead atoms. The Balaban J connectivity index is 1.82. The Hall–Kier alpha value is -2.14. The van der Waals surface area contributed by atoms with E-state index in [9.17, 15) is 4.79 Å². The van der Waals surface area contributed by atoms with Crippen LogP contribution in [-0.2, 0) is 4.79 Å². The SMILES string of the molecule is CCOc1ccc(NC(=O)CSc2ccc(N)cc2)cc1. The second-order valence-corrected chi connectivity index (χ2v) is 5.41. The third kappa shape index (κ3) is 5.04. The van der Waals surface area contributed by atoms with E-state index >= 15 is 0 Å². The summed E-state index contributed by atoms with van der Waals surface area (Å²) in [5, 5.41) is 2.85. The molecule has 0 heterocycles. The molecule has 1 amide bonds. The predicted molar refractivity (Wildman–Crippen MR) is 87.8 cm³/mol. The Morgan fingerprint density at radius 3 is 2.43 bits per heavy atom. The van der Waals surface area contributed by atoms with E-state index in [0.717, 1.165) is 22.0 Å². The lowest BCUT2D eigenvalue weighted by molar-refractivity contribution is -0.113. The zero-order valence-corrected chi connectivity index (χ0v) is 12.7. The first-order chi connectivity index (χ1) is 10.2. The molecule has 0 aliphatic heterocycles. The number of carbonyl (C=O) groups excluding carboxylic acids is 1. The fourth-order valence-electron chi connectivity index (χ4n) is 1.71.